The third-order valence-corrected chi connectivity index (χ3v) is 4.52. The number of H-pyrrole nitrogens is 1. The van der Waals surface area contributed by atoms with E-state index in [1.54, 1.807) is 35.3 Å². The van der Waals surface area contributed by atoms with Gasteiger partial charge >= 0.3 is 0 Å². The van der Waals surface area contributed by atoms with E-state index >= 15 is 0 Å². The van der Waals surface area contributed by atoms with Crippen LogP contribution in [0.25, 0.3) is 22.5 Å². The second kappa shape index (κ2) is 8.52. The van der Waals surface area contributed by atoms with Gasteiger partial charge in [-0.1, -0.05) is 0 Å². The van der Waals surface area contributed by atoms with Crippen LogP contribution in [0.1, 0.15) is 10.4 Å². The maximum absolute atomic E-state index is 13.3. The van der Waals surface area contributed by atoms with Crippen molar-refractivity contribution in [1.82, 2.24) is 25.1 Å². The first-order valence-electron chi connectivity index (χ1n) is 9.31. The van der Waals surface area contributed by atoms with E-state index in [0.29, 0.717) is 24.3 Å². The molecule has 3 aromatic heterocycles. The highest BCUT2D eigenvalue weighted by atomic mass is 19.1. The van der Waals surface area contributed by atoms with Crippen LogP contribution >= 0.6 is 0 Å². The van der Waals surface area contributed by atoms with Crippen LogP contribution in [0, 0.1) is 5.82 Å². The number of pyridine rings is 2. The zero-order valence-electron chi connectivity index (χ0n) is 15.9. The summed E-state index contributed by atoms with van der Waals surface area (Å²) in [6, 6.07) is 14.6. The SMILES string of the molecule is O=C(NCCn1nc(-c2ccc(F)cc2)cc1-c1cccnc1)c1cc[nH]c(=O)c1. The maximum Gasteiger partial charge on any atom is 0.251 e. The van der Waals surface area contributed by atoms with Gasteiger partial charge in [0.15, 0.2) is 0 Å². The minimum atomic E-state index is -0.338. The molecule has 0 aliphatic carbocycles. The molecule has 3 heterocycles. The lowest BCUT2D eigenvalue weighted by atomic mass is 10.1. The minimum absolute atomic E-state index is 0.290. The Morgan fingerprint density at radius 2 is 1.93 bits per heavy atom. The summed E-state index contributed by atoms with van der Waals surface area (Å²) in [5.74, 6) is -0.650. The van der Waals surface area contributed by atoms with Crippen molar-refractivity contribution in [3.8, 4) is 22.5 Å². The number of rotatable bonds is 6. The second-order valence-electron chi connectivity index (χ2n) is 6.58. The average Bonchev–Trinajstić information content (AvgIpc) is 3.19. The van der Waals surface area contributed by atoms with E-state index in [1.165, 1.54) is 24.4 Å². The molecule has 30 heavy (non-hydrogen) atoms. The van der Waals surface area contributed by atoms with Gasteiger partial charge in [-0.05, 0) is 48.5 Å². The average molecular weight is 403 g/mol. The van der Waals surface area contributed by atoms with Gasteiger partial charge in [0.2, 0.25) is 5.56 Å². The summed E-state index contributed by atoms with van der Waals surface area (Å²) in [5, 5.41) is 7.42. The molecule has 0 aliphatic rings. The van der Waals surface area contributed by atoms with Crippen LogP contribution in [0.15, 0.2) is 78.0 Å². The van der Waals surface area contributed by atoms with Gasteiger partial charge in [-0.2, -0.15) is 5.10 Å². The lowest BCUT2D eigenvalue weighted by molar-refractivity contribution is 0.0951. The molecular formula is C22H18FN5O2. The first kappa shape index (κ1) is 19.3. The summed E-state index contributed by atoms with van der Waals surface area (Å²) in [4.78, 5) is 30.3. The lowest BCUT2D eigenvalue weighted by Crippen LogP contribution is -2.28. The fourth-order valence-corrected chi connectivity index (χ4v) is 3.06. The Bertz CT molecular complexity index is 1220. The number of amides is 1. The molecule has 1 aromatic carbocycles. The van der Waals surface area contributed by atoms with Gasteiger partial charge in [0.1, 0.15) is 5.82 Å². The molecule has 8 heteroatoms. The molecule has 0 aliphatic heterocycles. The third-order valence-electron chi connectivity index (χ3n) is 4.52. The van der Waals surface area contributed by atoms with Crippen molar-refractivity contribution in [2.24, 2.45) is 0 Å². The fraction of sp³-hybridized carbons (Fsp3) is 0.0909. The van der Waals surface area contributed by atoms with E-state index in [0.717, 1.165) is 16.8 Å². The molecule has 4 aromatic rings. The summed E-state index contributed by atoms with van der Waals surface area (Å²) in [6.45, 7) is 0.712. The number of hydrogen-bond acceptors (Lipinski definition) is 4. The number of hydrogen-bond donors (Lipinski definition) is 2. The summed E-state index contributed by atoms with van der Waals surface area (Å²) in [5.41, 5.74) is 3.13. The van der Waals surface area contributed by atoms with Gasteiger partial charge in [-0.15, -0.1) is 0 Å². The van der Waals surface area contributed by atoms with E-state index in [1.807, 2.05) is 18.2 Å². The number of carbonyl (C=O) groups excluding carboxylic acids is 1. The van der Waals surface area contributed by atoms with Crippen molar-refractivity contribution in [3.05, 3.63) is 94.9 Å². The molecule has 4 rings (SSSR count). The summed E-state index contributed by atoms with van der Waals surface area (Å²) in [7, 11) is 0. The first-order valence-corrected chi connectivity index (χ1v) is 9.31. The number of benzene rings is 1. The van der Waals surface area contributed by atoms with Crippen LogP contribution in [0.4, 0.5) is 4.39 Å². The van der Waals surface area contributed by atoms with Gasteiger partial charge in [-0.3, -0.25) is 19.3 Å². The van der Waals surface area contributed by atoms with Crippen LogP contribution in [0.5, 0.6) is 0 Å². The Balaban J connectivity index is 1.56. The number of nitrogens with one attached hydrogen (secondary N) is 2. The molecule has 0 saturated heterocycles. The summed E-state index contributed by atoms with van der Waals surface area (Å²) < 4.78 is 15.0. The van der Waals surface area contributed by atoms with Crippen molar-refractivity contribution < 1.29 is 9.18 Å². The van der Waals surface area contributed by atoms with Gasteiger partial charge in [0, 0.05) is 47.9 Å². The molecule has 0 unspecified atom stereocenters. The lowest BCUT2D eigenvalue weighted by Gasteiger charge is -2.09. The highest BCUT2D eigenvalue weighted by molar-refractivity contribution is 5.93. The van der Waals surface area contributed by atoms with E-state index in [2.05, 4.69) is 20.4 Å². The van der Waals surface area contributed by atoms with Gasteiger partial charge in [0.25, 0.3) is 5.91 Å². The second-order valence-corrected chi connectivity index (χ2v) is 6.58. The molecule has 0 spiro atoms. The fourth-order valence-electron chi connectivity index (χ4n) is 3.06. The van der Waals surface area contributed by atoms with Gasteiger partial charge in [0.05, 0.1) is 17.9 Å². The number of aromatic amines is 1. The van der Waals surface area contributed by atoms with Crippen LogP contribution in [0.2, 0.25) is 0 Å². The topological polar surface area (TPSA) is 92.7 Å². The minimum Gasteiger partial charge on any atom is -0.350 e. The maximum atomic E-state index is 13.3. The highest BCUT2D eigenvalue weighted by Crippen LogP contribution is 2.26. The predicted molar refractivity (Wildman–Crippen MR) is 110 cm³/mol. The Kier molecular flexibility index (Phi) is 5.47. The van der Waals surface area contributed by atoms with E-state index in [9.17, 15) is 14.0 Å². The van der Waals surface area contributed by atoms with Crippen LogP contribution in [-0.2, 0) is 6.54 Å². The van der Waals surface area contributed by atoms with Gasteiger partial charge < -0.3 is 10.3 Å². The smallest absolute Gasteiger partial charge is 0.251 e. The molecule has 7 nitrogen and oxygen atoms in total. The van der Waals surface area contributed by atoms with Gasteiger partial charge in [-0.25, -0.2) is 4.39 Å². The first-order chi connectivity index (χ1) is 14.6. The molecule has 0 atom stereocenters. The molecule has 2 N–H and O–H groups in total. The van der Waals surface area contributed by atoms with Crippen LogP contribution in [-0.4, -0.2) is 32.2 Å². The zero-order chi connectivity index (χ0) is 20.9. The van der Waals surface area contributed by atoms with E-state index < -0.39 is 0 Å². The quantitative estimate of drug-likeness (QED) is 0.518. The Hall–Kier alpha value is -4.07. The Labute approximate surface area is 171 Å². The van der Waals surface area contributed by atoms with Crippen molar-refractivity contribution in [3.63, 3.8) is 0 Å². The predicted octanol–water partition coefficient (Wildman–Crippen LogP) is 2.87. The standard InChI is InChI=1S/C22H18FN5O2/c23-18-5-3-15(4-6-18)19-13-20(17-2-1-8-24-14-17)28(27-19)11-10-26-22(30)16-7-9-25-21(29)12-16/h1-9,12-14H,10-11H2,(H,25,29)(H,26,30). The van der Waals surface area contributed by atoms with Crippen LogP contribution < -0.4 is 10.9 Å². The normalized spacial score (nSPS) is 10.7. The molecule has 1 amide bonds. The largest absolute Gasteiger partial charge is 0.350 e. The monoisotopic (exact) mass is 403 g/mol. The molecule has 0 fully saturated rings. The van der Waals surface area contributed by atoms with Crippen molar-refractivity contribution in [2.75, 3.05) is 6.54 Å². The summed E-state index contributed by atoms with van der Waals surface area (Å²) >= 11 is 0. The van der Waals surface area contributed by atoms with Crippen molar-refractivity contribution >= 4 is 5.91 Å². The number of aromatic nitrogens is 4. The zero-order valence-corrected chi connectivity index (χ0v) is 15.9. The molecular weight excluding hydrogens is 385 g/mol. The van der Waals surface area contributed by atoms with E-state index in [4.69, 9.17) is 0 Å². The molecule has 0 bridgehead atoms. The van der Waals surface area contributed by atoms with Crippen molar-refractivity contribution in [1.29, 1.82) is 0 Å². The molecule has 0 radical (unpaired) electrons. The van der Waals surface area contributed by atoms with E-state index in [-0.39, 0.29) is 17.3 Å². The number of carbonyl (C=O) groups is 1. The van der Waals surface area contributed by atoms with Crippen molar-refractivity contribution in [2.45, 2.75) is 6.54 Å². The number of halogens is 1. The molecule has 150 valence electrons. The Morgan fingerprint density at radius 1 is 1.10 bits per heavy atom. The Morgan fingerprint density at radius 3 is 2.67 bits per heavy atom. The van der Waals surface area contributed by atoms with Crippen LogP contribution in [0.3, 0.4) is 0 Å². The number of nitrogens with zero attached hydrogens (tertiary/aromatic N) is 3. The third kappa shape index (κ3) is 4.33. The summed E-state index contributed by atoms with van der Waals surface area (Å²) in [6.07, 6.45) is 4.85. The highest BCUT2D eigenvalue weighted by Gasteiger charge is 2.13. The molecule has 0 saturated carbocycles.